The number of halogens is 1. The van der Waals surface area contributed by atoms with E-state index in [1.54, 1.807) is 24.3 Å². The molecule has 1 aromatic rings. The molecule has 0 saturated heterocycles. The first-order chi connectivity index (χ1) is 7.07. The largest absolute Gasteiger partial charge is 0.387 e. The molecule has 80 valence electrons. The molecule has 0 saturated carbocycles. The Morgan fingerprint density at radius 1 is 1.40 bits per heavy atom. The minimum Gasteiger partial charge on any atom is -0.387 e. The van der Waals surface area contributed by atoms with E-state index in [1.165, 1.54) is 0 Å². The first-order valence-electron chi connectivity index (χ1n) is 4.05. The summed E-state index contributed by atoms with van der Waals surface area (Å²) in [6.07, 6.45) is 0. The zero-order valence-electron chi connectivity index (χ0n) is 7.68. The summed E-state index contributed by atoms with van der Waals surface area (Å²) in [6, 6.07) is 5.86. The number of hydrogen-bond acceptors (Lipinski definition) is 3. The van der Waals surface area contributed by atoms with Gasteiger partial charge >= 0.3 is 6.03 Å². The molecule has 6 heteroatoms. The molecule has 5 nitrogen and oxygen atoms in total. The molecule has 0 unspecified atom stereocenters. The summed E-state index contributed by atoms with van der Waals surface area (Å²) in [5.74, 6) is -0.744. The smallest absolute Gasteiger partial charge is 0.326 e. The number of anilines is 1. The number of para-hydroxylation sites is 1. The third kappa shape index (κ3) is 2.66. The van der Waals surface area contributed by atoms with Gasteiger partial charge in [-0.3, -0.25) is 4.79 Å². The van der Waals surface area contributed by atoms with Crippen LogP contribution in [0.4, 0.5) is 10.5 Å². The highest BCUT2D eigenvalue weighted by Gasteiger charge is 2.21. The average Bonchev–Trinajstić information content (AvgIpc) is 2.20. The lowest BCUT2D eigenvalue weighted by Crippen LogP contribution is -2.42. The van der Waals surface area contributed by atoms with Crippen LogP contribution in [0.1, 0.15) is 0 Å². The molecular formula is C9H9IN2O3. The summed E-state index contributed by atoms with van der Waals surface area (Å²) in [5.41, 5.74) is 5.45. The van der Waals surface area contributed by atoms with E-state index in [4.69, 9.17) is 10.8 Å². The third-order valence-corrected chi connectivity index (χ3v) is 2.61. The van der Waals surface area contributed by atoms with Crippen molar-refractivity contribution in [2.24, 2.45) is 5.73 Å². The molecule has 0 fully saturated rings. The summed E-state index contributed by atoms with van der Waals surface area (Å²) >= 11 is 1.98. The van der Waals surface area contributed by atoms with E-state index in [2.05, 4.69) is 0 Å². The number of primary amides is 1. The topological polar surface area (TPSA) is 83.6 Å². The molecule has 0 spiro atoms. The maximum Gasteiger partial charge on any atom is 0.326 e. The van der Waals surface area contributed by atoms with Crippen LogP contribution in [0.15, 0.2) is 24.3 Å². The molecule has 0 aliphatic rings. The first kappa shape index (κ1) is 11.9. The summed E-state index contributed by atoms with van der Waals surface area (Å²) in [6.45, 7) is -0.756. The summed E-state index contributed by atoms with van der Waals surface area (Å²) in [7, 11) is 0. The van der Waals surface area contributed by atoms with Crippen molar-refractivity contribution >= 4 is 40.2 Å². The van der Waals surface area contributed by atoms with E-state index >= 15 is 0 Å². The second-order valence-electron chi connectivity index (χ2n) is 2.68. The lowest BCUT2D eigenvalue weighted by molar-refractivity contribution is -0.120. The number of amides is 3. The van der Waals surface area contributed by atoms with E-state index in [-0.39, 0.29) is 0 Å². The molecule has 0 bridgehead atoms. The lowest BCUT2D eigenvalue weighted by Gasteiger charge is -2.18. The van der Waals surface area contributed by atoms with Crippen molar-refractivity contribution < 1.29 is 14.7 Å². The highest BCUT2D eigenvalue weighted by molar-refractivity contribution is 14.1. The van der Waals surface area contributed by atoms with Crippen LogP contribution in [0.3, 0.4) is 0 Å². The Labute approximate surface area is 100 Å². The number of carbonyl (C=O) groups excluding carboxylic acids is 2. The first-order valence-corrected chi connectivity index (χ1v) is 5.13. The predicted octanol–water partition coefficient (Wildman–Crippen LogP) is 0.695. The average molecular weight is 320 g/mol. The quantitative estimate of drug-likeness (QED) is 0.787. The van der Waals surface area contributed by atoms with Crippen LogP contribution in [0.2, 0.25) is 0 Å². The second kappa shape index (κ2) is 5.08. The number of aliphatic hydroxyl groups excluding tert-OH is 1. The molecule has 0 aliphatic heterocycles. The SMILES string of the molecule is NC(=O)N(C(=O)CO)c1ccccc1I. The number of aliphatic hydroxyl groups is 1. The van der Waals surface area contributed by atoms with E-state index in [9.17, 15) is 9.59 Å². The molecule has 0 radical (unpaired) electrons. The van der Waals surface area contributed by atoms with Crippen molar-refractivity contribution in [1.29, 1.82) is 0 Å². The summed E-state index contributed by atoms with van der Waals surface area (Å²) in [5, 5.41) is 8.70. The second-order valence-corrected chi connectivity index (χ2v) is 3.84. The molecule has 3 N–H and O–H groups in total. The Morgan fingerprint density at radius 2 is 2.00 bits per heavy atom. The van der Waals surface area contributed by atoms with E-state index in [0.29, 0.717) is 9.26 Å². The molecule has 0 aliphatic carbocycles. The number of nitrogens with zero attached hydrogens (tertiary/aromatic N) is 1. The number of carbonyl (C=O) groups is 2. The number of nitrogens with two attached hydrogens (primary N) is 1. The van der Waals surface area contributed by atoms with Gasteiger partial charge in [0.1, 0.15) is 6.61 Å². The van der Waals surface area contributed by atoms with E-state index in [0.717, 1.165) is 4.90 Å². The highest BCUT2D eigenvalue weighted by Crippen LogP contribution is 2.21. The van der Waals surface area contributed by atoms with Crippen LogP contribution >= 0.6 is 22.6 Å². The van der Waals surface area contributed by atoms with Crippen LogP contribution in [0.5, 0.6) is 0 Å². The number of urea groups is 1. The summed E-state index contributed by atoms with van der Waals surface area (Å²) in [4.78, 5) is 23.1. The highest BCUT2D eigenvalue weighted by atomic mass is 127. The van der Waals surface area contributed by atoms with Gasteiger partial charge in [0, 0.05) is 3.57 Å². The van der Waals surface area contributed by atoms with Crippen molar-refractivity contribution in [3.05, 3.63) is 27.8 Å². The van der Waals surface area contributed by atoms with Crippen molar-refractivity contribution in [3.63, 3.8) is 0 Å². The lowest BCUT2D eigenvalue weighted by atomic mass is 10.3. The van der Waals surface area contributed by atoms with Gasteiger partial charge in [-0.25, -0.2) is 9.69 Å². The van der Waals surface area contributed by atoms with E-state index in [1.807, 2.05) is 22.6 Å². The maximum absolute atomic E-state index is 11.3. The van der Waals surface area contributed by atoms with Crippen LogP contribution in [-0.4, -0.2) is 23.7 Å². The predicted molar refractivity (Wildman–Crippen MR) is 63.3 cm³/mol. The Balaban J connectivity index is 3.16. The number of imide groups is 1. The molecule has 3 amide bonds. The monoisotopic (exact) mass is 320 g/mol. The van der Waals surface area contributed by atoms with Crippen molar-refractivity contribution in [3.8, 4) is 0 Å². The summed E-state index contributed by atoms with van der Waals surface area (Å²) < 4.78 is 0.704. The van der Waals surface area contributed by atoms with Crippen molar-refractivity contribution in [2.45, 2.75) is 0 Å². The van der Waals surface area contributed by atoms with Gasteiger partial charge in [0.25, 0.3) is 5.91 Å². The number of rotatable bonds is 2. The fourth-order valence-electron chi connectivity index (χ4n) is 1.08. The van der Waals surface area contributed by atoms with Crippen LogP contribution in [-0.2, 0) is 4.79 Å². The Bertz CT molecular complexity index is 395. The van der Waals surface area contributed by atoms with Gasteiger partial charge in [0.2, 0.25) is 0 Å². The molecule has 15 heavy (non-hydrogen) atoms. The van der Waals surface area contributed by atoms with Crippen molar-refractivity contribution in [2.75, 3.05) is 11.5 Å². The fraction of sp³-hybridized carbons (Fsp3) is 0.111. The molecular weight excluding hydrogens is 311 g/mol. The van der Waals surface area contributed by atoms with Crippen molar-refractivity contribution in [1.82, 2.24) is 0 Å². The molecule has 1 aromatic carbocycles. The van der Waals surface area contributed by atoms with Crippen LogP contribution in [0, 0.1) is 3.57 Å². The fourth-order valence-corrected chi connectivity index (χ4v) is 1.71. The molecule has 0 heterocycles. The Morgan fingerprint density at radius 3 is 2.47 bits per heavy atom. The zero-order chi connectivity index (χ0) is 11.4. The van der Waals surface area contributed by atoms with Gasteiger partial charge in [-0.15, -0.1) is 0 Å². The van der Waals surface area contributed by atoms with Gasteiger partial charge in [-0.1, -0.05) is 12.1 Å². The number of benzene rings is 1. The minimum absolute atomic E-state index is 0.379. The molecule has 0 aromatic heterocycles. The molecule has 0 atom stereocenters. The van der Waals surface area contributed by atoms with Gasteiger partial charge in [0.15, 0.2) is 0 Å². The zero-order valence-corrected chi connectivity index (χ0v) is 9.84. The van der Waals surface area contributed by atoms with Gasteiger partial charge < -0.3 is 10.8 Å². The third-order valence-electron chi connectivity index (χ3n) is 1.70. The van der Waals surface area contributed by atoms with Crippen LogP contribution < -0.4 is 10.6 Å². The van der Waals surface area contributed by atoms with Crippen LogP contribution in [0.25, 0.3) is 0 Å². The normalized spacial score (nSPS) is 9.73. The maximum atomic E-state index is 11.3. The minimum atomic E-state index is -0.904. The van der Waals surface area contributed by atoms with E-state index < -0.39 is 18.5 Å². The molecule has 1 rings (SSSR count). The van der Waals surface area contributed by atoms with Gasteiger partial charge in [0.05, 0.1) is 5.69 Å². The number of hydrogen-bond donors (Lipinski definition) is 2. The standard InChI is InChI=1S/C9H9IN2O3/c10-6-3-1-2-4-7(6)12(9(11)15)8(14)5-13/h1-4,13H,5H2,(H2,11,15). The van der Waals surface area contributed by atoms with Gasteiger partial charge in [-0.05, 0) is 34.7 Å². The Kier molecular flexibility index (Phi) is 4.04. The Hall–Kier alpha value is -1.15. The van der Waals surface area contributed by atoms with Gasteiger partial charge in [-0.2, -0.15) is 0 Å².